The van der Waals surface area contributed by atoms with Crippen molar-refractivity contribution in [2.75, 3.05) is 0 Å². The number of rotatable bonds is 4. The highest BCUT2D eigenvalue weighted by atomic mass is 16.6. The first-order valence-corrected chi connectivity index (χ1v) is 7.36. The van der Waals surface area contributed by atoms with Crippen LogP contribution in [0.25, 0.3) is 0 Å². The first-order valence-electron chi connectivity index (χ1n) is 7.36. The number of aromatic hydroxyl groups is 1. The van der Waals surface area contributed by atoms with Gasteiger partial charge in [0.15, 0.2) is 0 Å². The predicted octanol–water partition coefficient (Wildman–Crippen LogP) is -0.619. The molecule has 2 aromatic heterocycles. The SMILES string of the molecule is Cc1[nH][nH+]c(O)c1[C@@H](c1cccc([N+](=O)[O-])c1)c1c([O-])[nH]c(=O)[nH]c1=O. The number of aryl methyl sites for hydroxylation is 1. The molecule has 0 saturated heterocycles. The Morgan fingerprint density at radius 2 is 1.96 bits per heavy atom. The van der Waals surface area contributed by atoms with Crippen molar-refractivity contribution in [1.29, 1.82) is 0 Å². The standard InChI is InChI=1S/C15H13N5O6/c1-6-9(14(23)19-18-6)10(7-3-2-4-8(5-7)20(25)26)11-12(21)16-15(24)17-13(11)22/h2-5,10H,1H3,(H2,18,19,23)(H3,16,17,21,22,24)/t10-/m1/s1. The summed E-state index contributed by atoms with van der Waals surface area (Å²) in [6.45, 7) is 1.58. The van der Waals surface area contributed by atoms with E-state index in [1.165, 1.54) is 24.3 Å². The van der Waals surface area contributed by atoms with Crippen LogP contribution < -0.4 is 21.5 Å². The van der Waals surface area contributed by atoms with Crippen LogP contribution in [0.5, 0.6) is 11.8 Å². The predicted molar refractivity (Wildman–Crippen MR) is 84.9 cm³/mol. The van der Waals surface area contributed by atoms with E-state index in [4.69, 9.17) is 0 Å². The van der Waals surface area contributed by atoms with Crippen molar-refractivity contribution in [3.05, 3.63) is 77.6 Å². The lowest BCUT2D eigenvalue weighted by Crippen LogP contribution is -2.30. The van der Waals surface area contributed by atoms with Gasteiger partial charge in [0, 0.05) is 17.7 Å². The van der Waals surface area contributed by atoms with Gasteiger partial charge in [-0.25, -0.2) is 4.79 Å². The highest BCUT2D eigenvalue weighted by Crippen LogP contribution is 2.37. The topological polar surface area (TPSA) is 182 Å². The Morgan fingerprint density at radius 3 is 2.54 bits per heavy atom. The highest BCUT2D eigenvalue weighted by molar-refractivity contribution is 5.51. The minimum atomic E-state index is -1.15. The number of non-ortho nitro benzene ring substituents is 1. The molecular formula is C15H13N5O6. The summed E-state index contributed by atoms with van der Waals surface area (Å²) in [5.74, 6) is -2.44. The third kappa shape index (κ3) is 2.81. The van der Waals surface area contributed by atoms with Gasteiger partial charge in [-0.05, 0) is 18.4 Å². The fraction of sp³-hybridized carbons (Fsp3) is 0.133. The second-order valence-electron chi connectivity index (χ2n) is 5.57. The van der Waals surface area contributed by atoms with Crippen molar-refractivity contribution in [2.24, 2.45) is 0 Å². The first-order chi connectivity index (χ1) is 12.3. The van der Waals surface area contributed by atoms with E-state index in [1.54, 1.807) is 6.92 Å². The second-order valence-corrected chi connectivity index (χ2v) is 5.57. The van der Waals surface area contributed by atoms with Gasteiger partial charge in [0.05, 0.1) is 16.5 Å². The number of aromatic amines is 4. The van der Waals surface area contributed by atoms with E-state index in [0.29, 0.717) is 5.69 Å². The van der Waals surface area contributed by atoms with Crippen LogP contribution >= 0.6 is 0 Å². The maximum Gasteiger partial charge on any atom is 0.393 e. The molecule has 2 heterocycles. The second kappa shape index (κ2) is 6.20. The van der Waals surface area contributed by atoms with Crippen LogP contribution in [0, 0.1) is 17.0 Å². The van der Waals surface area contributed by atoms with Crippen molar-refractivity contribution in [3.8, 4) is 11.8 Å². The number of H-pyrrole nitrogens is 4. The number of hydrogen-bond acceptors (Lipinski definition) is 6. The van der Waals surface area contributed by atoms with Crippen molar-refractivity contribution in [1.82, 2.24) is 15.1 Å². The number of hydrogen-bond donors (Lipinski definition) is 4. The van der Waals surface area contributed by atoms with Gasteiger partial charge in [0.1, 0.15) is 5.56 Å². The van der Waals surface area contributed by atoms with Crippen LogP contribution in [0.2, 0.25) is 0 Å². The van der Waals surface area contributed by atoms with Crippen LogP contribution in [0.4, 0.5) is 5.69 Å². The molecule has 0 aliphatic rings. The van der Waals surface area contributed by atoms with E-state index < -0.39 is 28.0 Å². The summed E-state index contributed by atoms with van der Waals surface area (Å²) in [5, 5.41) is 38.6. The molecule has 0 radical (unpaired) electrons. The van der Waals surface area contributed by atoms with Crippen molar-refractivity contribution in [3.63, 3.8) is 0 Å². The molecule has 0 aliphatic heterocycles. The summed E-state index contributed by atoms with van der Waals surface area (Å²) >= 11 is 0. The molecule has 134 valence electrons. The average molecular weight is 359 g/mol. The van der Waals surface area contributed by atoms with Crippen LogP contribution in [0.3, 0.4) is 0 Å². The Bertz CT molecular complexity index is 1090. The fourth-order valence-electron chi connectivity index (χ4n) is 2.85. The number of nitrogens with zero attached hydrogens (tertiary/aromatic N) is 1. The highest BCUT2D eigenvalue weighted by Gasteiger charge is 2.31. The maximum atomic E-state index is 12.3. The monoisotopic (exact) mass is 359 g/mol. The minimum absolute atomic E-state index is 0.153. The van der Waals surface area contributed by atoms with Crippen LogP contribution in [0.1, 0.15) is 28.3 Å². The molecule has 11 heteroatoms. The molecule has 1 aromatic carbocycles. The molecule has 0 bridgehead atoms. The normalized spacial score (nSPS) is 12.0. The van der Waals surface area contributed by atoms with Gasteiger partial charge in [-0.1, -0.05) is 17.2 Å². The zero-order chi connectivity index (χ0) is 19.0. The third-order valence-corrected chi connectivity index (χ3v) is 3.96. The van der Waals surface area contributed by atoms with Crippen LogP contribution in [0.15, 0.2) is 33.9 Å². The molecule has 0 amide bonds. The summed E-state index contributed by atoms with van der Waals surface area (Å²) in [4.78, 5) is 38.0. The summed E-state index contributed by atoms with van der Waals surface area (Å²) in [6, 6.07) is 5.33. The smallest absolute Gasteiger partial charge is 0.393 e. The Morgan fingerprint density at radius 1 is 1.23 bits per heavy atom. The average Bonchev–Trinajstić information content (AvgIpc) is 2.89. The molecule has 26 heavy (non-hydrogen) atoms. The first kappa shape index (κ1) is 17.0. The summed E-state index contributed by atoms with van der Waals surface area (Å²) < 4.78 is 0. The molecule has 5 N–H and O–H groups in total. The summed E-state index contributed by atoms with van der Waals surface area (Å²) in [6.07, 6.45) is 0. The van der Waals surface area contributed by atoms with E-state index in [2.05, 4.69) is 10.2 Å². The van der Waals surface area contributed by atoms with Gasteiger partial charge in [-0.15, -0.1) is 0 Å². The summed E-state index contributed by atoms with van der Waals surface area (Å²) in [5.41, 5.74) is -1.77. The third-order valence-electron chi connectivity index (χ3n) is 3.96. The van der Waals surface area contributed by atoms with Gasteiger partial charge in [0.2, 0.25) is 0 Å². The molecule has 0 spiro atoms. The lowest BCUT2D eigenvalue weighted by atomic mass is 9.85. The van der Waals surface area contributed by atoms with Crippen molar-refractivity contribution in [2.45, 2.75) is 12.8 Å². The van der Waals surface area contributed by atoms with Crippen molar-refractivity contribution >= 4 is 5.69 Å². The molecule has 3 rings (SSSR count). The Kier molecular flexibility index (Phi) is 4.04. The number of aromatic nitrogens is 4. The molecule has 0 saturated carbocycles. The lowest BCUT2D eigenvalue weighted by molar-refractivity contribution is -0.462. The van der Waals surface area contributed by atoms with Gasteiger partial charge >= 0.3 is 11.6 Å². The fourth-order valence-corrected chi connectivity index (χ4v) is 2.85. The van der Waals surface area contributed by atoms with Crippen LogP contribution in [-0.2, 0) is 0 Å². The van der Waals surface area contributed by atoms with Gasteiger partial charge < -0.3 is 15.2 Å². The molecule has 3 aromatic rings. The Balaban J connectivity index is 2.36. The molecule has 0 aliphatic carbocycles. The Labute approximate surface area is 144 Å². The Hall–Kier alpha value is -3.89. The quantitative estimate of drug-likeness (QED) is 0.355. The van der Waals surface area contributed by atoms with E-state index in [1.807, 2.05) is 9.97 Å². The van der Waals surface area contributed by atoms with Gasteiger partial charge in [0.25, 0.3) is 11.2 Å². The van der Waals surface area contributed by atoms with E-state index >= 15 is 0 Å². The number of nitrogens with one attached hydrogen (secondary N) is 4. The lowest BCUT2D eigenvalue weighted by Gasteiger charge is -2.20. The molecule has 0 fully saturated rings. The van der Waals surface area contributed by atoms with Gasteiger partial charge in [-0.3, -0.25) is 19.9 Å². The van der Waals surface area contributed by atoms with Gasteiger partial charge in [-0.2, -0.15) is 5.10 Å². The van der Waals surface area contributed by atoms with E-state index in [9.17, 15) is 29.9 Å². The summed E-state index contributed by atoms with van der Waals surface area (Å²) in [7, 11) is 0. The molecule has 1 atom stereocenters. The minimum Gasteiger partial charge on any atom is -0.860 e. The number of nitro groups is 1. The maximum absolute atomic E-state index is 12.3. The van der Waals surface area contributed by atoms with Crippen LogP contribution in [-0.4, -0.2) is 25.1 Å². The zero-order valence-corrected chi connectivity index (χ0v) is 13.3. The molecule has 11 nitrogen and oxygen atoms in total. The zero-order valence-electron chi connectivity index (χ0n) is 13.3. The largest absolute Gasteiger partial charge is 0.860 e. The molecular weight excluding hydrogens is 346 g/mol. The van der Waals surface area contributed by atoms with E-state index in [-0.39, 0.29) is 28.3 Å². The number of nitro benzene ring substituents is 1. The molecule has 0 unspecified atom stereocenters. The van der Waals surface area contributed by atoms with Crippen molar-refractivity contribution < 1.29 is 20.2 Å². The number of benzene rings is 1. The van der Waals surface area contributed by atoms with E-state index in [0.717, 1.165) is 0 Å².